The lowest BCUT2D eigenvalue weighted by atomic mass is 10.0. The maximum absolute atomic E-state index is 8.36. The highest BCUT2D eigenvalue weighted by molar-refractivity contribution is 5.33. The van der Waals surface area contributed by atoms with Crippen LogP contribution in [0.2, 0.25) is 0 Å². The van der Waals surface area contributed by atoms with Gasteiger partial charge in [0.05, 0.1) is 0 Å². The molecular formula is C22H36N2O4. The van der Waals surface area contributed by atoms with Crippen LogP contribution in [0, 0.1) is 11.8 Å². The molecule has 0 amide bonds. The number of hydrogen-bond donors (Lipinski definition) is 2. The van der Waals surface area contributed by atoms with Gasteiger partial charge in [0.2, 0.25) is 0 Å². The summed E-state index contributed by atoms with van der Waals surface area (Å²) in [5.41, 5.74) is 3.04. The first kappa shape index (κ1) is 24.1. The molecule has 158 valence electrons. The van der Waals surface area contributed by atoms with Crippen molar-refractivity contribution in [1.82, 2.24) is 9.80 Å². The third-order valence-corrected chi connectivity index (χ3v) is 6.24. The molecule has 3 rings (SSSR count). The van der Waals surface area contributed by atoms with Crippen LogP contribution in [0.25, 0.3) is 0 Å². The molecule has 1 aromatic carbocycles. The van der Waals surface area contributed by atoms with Crippen LogP contribution in [0.1, 0.15) is 43.7 Å². The lowest BCUT2D eigenvalue weighted by Crippen LogP contribution is -2.31. The molecule has 0 aromatic heterocycles. The molecule has 28 heavy (non-hydrogen) atoms. The van der Waals surface area contributed by atoms with Gasteiger partial charge in [-0.3, -0.25) is 14.5 Å². The van der Waals surface area contributed by atoms with Crippen LogP contribution in [-0.4, -0.2) is 66.2 Å². The van der Waals surface area contributed by atoms with E-state index in [0.29, 0.717) is 0 Å². The number of carboxylic acid groups (broad SMARTS) is 2. The molecule has 2 N–H and O–H groups in total. The Morgan fingerprint density at radius 1 is 0.893 bits per heavy atom. The van der Waals surface area contributed by atoms with E-state index in [1.165, 1.54) is 36.8 Å². The molecule has 0 bridgehead atoms. The van der Waals surface area contributed by atoms with E-state index in [4.69, 9.17) is 19.8 Å². The molecule has 0 radical (unpaired) electrons. The summed E-state index contributed by atoms with van der Waals surface area (Å²) in [6.07, 6.45) is 6.82. The fourth-order valence-electron chi connectivity index (χ4n) is 4.79. The zero-order valence-electron chi connectivity index (χ0n) is 17.6. The third kappa shape index (κ3) is 6.91. The van der Waals surface area contributed by atoms with Crippen LogP contribution in [0.5, 0.6) is 0 Å². The molecule has 2 fully saturated rings. The van der Waals surface area contributed by atoms with Gasteiger partial charge in [0, 0.05) is 18.6 Å². The molecule has 0 aliphatic heterocycles. The molecule has 1 aromatic rings. The molecule has 2 unspecified atom stereocenters. The number of fused-ring (bicyclic) bond motifs is 1. The molecule has 2 aliphatic carbocycles. The highest BCUT2D eigenvalue weighted by Gasteiger charge is 2.43. The lowest BCUT2D eigenvalue weighted by molar-refractivity contribution is -0.123. The number of rotatable bonds is 5. The number of nitrogens with zero attached hydrogens (tertiary/aromatic N) is 2. The van der Waals surface area contributed by atoms with Crippen LogP contribution in [0.4, 0.5) is 0 Å². The Bertz CT molecular complexity index is 574. The van der Waals surface area contributed by atoms with Gasteiger partial charge in [0.15, 0.2) is 0 Å². The van der Waals surface area contributed by atoms with E-state index in [1.807, 2.05) is 0 Å². The predicted octanol–water partition coefficient (Wildman–Crippen LogP) is 3.20. The van der Waals surface area contributed by atoms with Crippen LogP contribution >= 0.6 is 0 Å². The molecule has 2 saturated carbocycles. The lowest BCUT2D eigenvalue weighted by Gasteiger charge is -2.27. The smallest absolute Gasteiger partial charge is 0.290 e. The van der Waals surface area contributed by atoms with Gasteiger partial charge in [-0.25, -0.2) is 0 Å². The monoisotopic (exact) mass is 392 g/mol. The van der Waals surface area contributed by atoms with E-state index in [0.717, 1.165) is 36.9 Å². The summed E-state index contributed by atoms with van der Waals surface area (Å²) in [4.78, 5) is 21.8. The summed E-state index contributed by atoms with van der Waals surface area (Å²) in [6.45, 7) is 2.88. The number of aryl methyl sites for hydroxylation is 1. The topological polar surface area (TPSA) is 81.1 Å². The van der Waals surface area contributed by atoms with Crippen molar-refractivity contribution >= 4 is 12.9 Å². The van der Waals surface area contributed by atoms with Gasteiger partial charge in [0.25, 0.3) is 12.9 Å². The van der Waals surface area contributed by atoms with E-state index >= 15 is 0 Å². The minimum atomic E-state index is -0.250. The summed E-state index contributed by atoms with van der Waals surface area (Å²) in [6, 6.07) is 10.6. The van der Waals surface area contributed by atoms with Crippen molar-refractivity contribution in [1.29, 1.82) is 0 Å². The molecule has 0 saturated heterocycles. The first-order valence-corrected chi connectivity index (χ1v) is 10.0. The van der Waals surface area contributed by atoms with Crippen molar-refractivity contribution in [2.24, 2.45) is 11.8 Å². The second kappa shape index (κ2) is 12.5. The summed E-state index contributed by atoms with van der Waals surface area (Å²) < 4.78 is 0. The molecule has 4 atom stereocenters. The van der Waals surface area contributed by atoms with Gasteiger partial charge in [-0.05, 0) is 76.2 Å². The Morgan fingerprint density at radius 2 is 1.32 bits per heavy atom. The second-order valence-corrected chi connectivity index (χ2v) is 7.98. The Kier molecular flexibility index (Phi) is 10.8. The molecular weight excluding hydrogens is 356 g/mol. The van der Waals surface area contributed by atoms with Gasteiger partial charge >= 0.3 is 0 Å². The van der Waals surface area contributed by atoms with Gasteiger partial charge in [-0.2, -0.15) is 0 Å². The van der Waals surface area contributed by atoms with Gasteiger partial charge in [-0.15, -0.1) is 0 Å². The number of benzene rings is 1. The van der Waals surface area contributed by atoms with Gasteiger partial charge in [0.1, 0.15) is 0 Å². The second-order valence-electron chi connectivity index (χ2n) is 7.98. The summed E-state index contributed by atoms with van der Waals surface area (Å²) in [5.74, 6) is 1.95. The van der Waals surface area contributed by atoms with Crippen molar-refractivity contribution in [3.63, 3.8) is 0 Å². The van der Waals surface area contributed by atoms with Crippen molar-refractivity contribution in [3.8, 4) is 0 Å². The number of carbonyl (C=O) groups is 2. The Hall–Kier alpha value is -1.92. The SMILES string of the molecule is CCc1ccccc1CN(C)C1C[C@H]2CC(N(C)C)C[C@H]2C1.O=CO.O=CO. The average Bonchev–Trinajstić information content (AvgIpc) is 3.23. The molecule has 6 nitrogen and oxygen atoms in total. The van der Waals surface area contributed by atoms with Crippen LogP contribution in [-0.2, 0) is 22.6 Å². The van der Waals surface area contributed by atoms with E-state index in [2.05, 4.69) is 62.1 Å². The van der Waals surface area contributed by atoms with Crippen molar-refractivity contribution in [2.45, 2.75) is 57.7 Å². The normalized spacial score (nSPS) is 25.4. The van der Waals surface area contributed by atoms with Crippen molar-refractivity contribution in [3.05, 3.63) is 35.4 Å². The maximum Gasteiger partial charge on any atom is 0.290 e. The largest absolute Gasteiger partial charge is 0.483 e. The summed E-state index contributed by atoms with van der Waals surface area (Å²) in [5, 5.41) is 13.8. The van der Waals surface area contributed by atoms with Crippen LogP contribution < -0.4 is 0 Å². The molecule has 6 heteroatoms. The zero-order valence-corrected chi connectivity index (χ0v) is 17.6. The highest BCUT2D eigenvalue weighted by atomic mass is 16.3. The Morgan fingerprint density at radius 3 is 1.75 bits per heavy atom. The fraction of sp³-hybridized carbons (Fsp3) is 0.636. The molecule has 0 spiro atoms. The van der Waals surface area contributed by atoms with Gasteiger partial charge < -0.3 is 15.1 Å². The number of hydrogen-bond acceptors (Lipinski definition) is 4. The fourth-order valence-corrected chi connectivity index (χ4v) is 4.79. The van der Waals surface area contributed by atoms with E-state index in [-0.39, 0.29) is 12.9 Å². The minimum absolute atomic E-state index is 0.250. The highest BCUT2D eigenvalue weighted by Crippen LogP contribution is 2.46. The van der Waals surface area contributed by atoms with E-state index in [9.17, 15) is 0 Å². The average molecular weight is 393 g/mol. The Labute approximate surface area is 169 Å². The minimum Gasteiger partial charge on any atom is -0.483 e. The first-order valence-electron chi connectivity index (χ1n) is 10.0. The van der Waals surface area contributed by atoms with Crippen LogP contribution in [0.15, 0.2) is 24.3 Å². The summed E-state index contributed by atoms with van der Waals surface area (Å²) in [7, 11) is 6.83. The maximum atomic E-state index is 8.36. The van der Waals surface area contributed by atoms with Crippen molar-refractivity contribution in [2.75, 3.05) is 21.1 Å². The molecule has 2 aliphatic rings. The third-order valence-electron chi connectivity index (χ3n) is 6.24. The predicted molar refractivity (Wildman–Crippen MR) is 111 cm³/mol. The quantitative estimate of drug-likeness (QED) is 0.749. The molecule has 0 heterocycles. The van der Waals surface area contributed by atoms with Gasteiger partial charge in [-0.1, -0.05) is 31.2 Å². The van der Waals surface area contributed by atoms with Crippen molar-refractivity contribution < 1.29 is 19.8 Å². The van der Waals surface area contributed by atoms with E-state index in [1.54, 1.807) is 0 Å². The zero-order chi connectivity index (χ0) is 21.1. The van der Waals surface area contributed by atoms with Crippen LogP contribution in [0.3, 0.4) is 0 Å². The first-order chi connectivity index (χ1) is 13.4. The van der Waals surface area contributed by atoms with E-state index < -0.39 is 0 Å². The Balaban J connectivity index is 0.000000582. The summed E-state index contributed by atoms with van der Waals surface area (Å²) >= 11 is 0. The standard InChI is InChI=1S/C20H32N2.2CH2O2/c1-5-15-8-6-7-9-16(15)14-22(4)20-12-17-10-19(21(2)3)11-18(17)13-20;2*2-1-3/h6-9,17-20H,5,10-14H2,1-4H3;2*1H,(H,2,3)/t17-,18+,19?,20?;;.